The van der Waals surface area contributed by atoms with Crippen LogP contribution in [0.4, 0.5) is 0 Å². The van der Waals surface area contributed by atoms with Gasteiger partial charge in [-0.1, -0.05) is 18.2 Å². The Bertz CT molecular complexity index is 1080. The molecule has 3 aromatic rings. The van der Waals surface area contributed by atoms with Crippen molar-refractivity contribution in [3.63, 3.8) is 0 Å². The van der Waals surface area contributed by atoms with Crippen molar-refractivity contribution in [2.24, 2.45) is 0 Å². The largest absolute Gasteiger partial charge is 0.339 e. The molecule has 0 atom stereocenters. The lowest BCUT2D eigenvalue weighted by atomic mass is 10.1. The maximum Gasteiger partial charge on any atom is 0.253 e. The zero-order chi connectivity index (χ0) is 19.0. The number of nitrogens with zero attached hydrogens (tertiary/aromatic N) is 2. The van der Waals surface area contributed by atoms with Gasteiger partial charge in [0.15, 0.2) is 9.84 Å². The Morgan fingerprint density at radius 2 is 1.81 bits per heavy atom. The quantitative estimate of drug-likeness (QED) is 0.673. The molecule has 5 nitrogen and oxygen atoms in total. The lowest BCUT2D eigenvalue weighted by Crippen LogP contribution is -2.42. The first-order chi connectivity index (χ1) is 12.9. The number of sulfone groups is 1. The summed E-state index contributed by atoms with van der Waals surface area (Å²) in [5.74, 6) is -0.0430. The molecule has 0 saturated carbocycles. The van der Waals surface area contributed by atoms with E-state index in [1.54, 1.807) is 46.6 Å². The Labute approximate surface area is 162 Å². The van der Waals surface area contributed by atoms with Crippen molar-refractivity contribution in [3.8, 4) is 0 Å². The minimum Gasteiger partial charge on any atom is -0.339 e. The van der Waals surface area contributed by atoms with Crippen LogP contribution < -0.4 is 0 Å². The summed E-state index contributed by atoms with van der Waals surface area (Å²) >= 11 is 1.57. The van der Waals surface area contributed by atoms with Crippen LogP contribution in [-0.4, -0.2) is 42.5 Å². The molecule has 2 aromatic carbocycles. The fourth-order valence-electron chi connectivity index (χ4n) is 3.53. The highest BCUT2D eigenvalue weighted by atomic mass is 32.2. The van der Waals surface area contributed by atoms with Crippen molar-refractivity contribution in [1.29, 1.82) is 0 Å². The Morgan fingerprint density at radius 3 is 2.52 bits per heavy atom. The van der Waals surface area contributed by atoms with E-state index in [4.69, 9.17) is 0 Å². The Balaban J connectivity index is 1.47. The van der Waals surface area contributed by atoms with E-state index in [2.05, 4.69) is 4.98 Å². The number of rotatable bonds is 3. The number of carbonyl (C=O) groups excluding carboxylic acids is 1. The van der Waals surface area contributed by atoms with E-state index in [1.165, 1.54) is 0 Å². The number of benzene rings is 2. The van der Waals surface area contributed by atoms with Gasteiger partial charge in [-0.15, -0.1) is 11.3 Å². The fourth-order valence-corrected chi connectivity index (χ4v) is 6.15. The van der Waals surface area contributed by atoms with Gasteiger partial charge in [0.25, 0.3) is 5.91 Å². The molecular formula is C20H20N2O3S2. The summed E-state index contributed by atoms with van der Waals surface area (Å²) in [5, 5.41) is 0.539. The number of fused-ring (bicyclic) bond motifs is 1. The third kappa shape index (κ3) is 3.49. The van der Waals surface area contributed by atoms with Gasteiger partial charge in [0, 0.05) is 18.7 Å². The fraction of sp³-hybridized carbons (Fsp3) is 0.300. The van der Waals surface area contributed by atoms with Crippen LogP contribution in [0.1, 0.15) is 28.2 Å². The highest BCUT2D eigenvalue weighted by molar-refractivity contribution is 7.92. The Kier molecular flexibility index (Phi) is 4.74. The highest BCUT2D eigenvalue weighted by Crippen LogP contribution is 2.27. The zero-order valence-electron chi connectivity index (χ0n) is 15.0. The number of hydrogen-bond donors (Lipinski definition) is 0. The van der Waals surface area contributed by atoms with Gasteiger partial charge in [0.1, 0.15) is 0 Å². The van der Waals surface area contributed by atoms with Crippen molar-refractivity contribution < 1.29 is 13.2 Å². The number of hydrogen-bond acceptors (Lipinski definition) is 5. The minimum absolute atomic E-state index is 0.0430. The van der Waals surface area contributed by atoms with Gasteiger partial charge in [-0.2, -0.15) is 0 Å². The molecule has 1 aliphatic heterocycles. The number of likely N-dealkylation sites (tertiary alicyclic amines) is 1. The SMILES string of the molecule is Cc1nc2ccc(C(=O)N3CCC(S(=O)(=O)c4ccccc4)CC3)cc2s1. The summed E-state index contributed by atoms with van der Waals surface area (Å²) < 4.78 is 26.5. The Morgan fingerprint density at radius 1 is 1.11 bits per heavy atom. The summed E-state index contributed by atoms with van der Waals surface area (Å²) in [6.45, 7) is 2.86. The van der Waals surface area contributed by atoms with Crippen LogP contribution in [0, 0.1) is 6.92 Å². The lowest BCUT2D eigenvalue weighted by molar-refractivity contribution is 0.0726. The zero-order valence-corrected chi connectivity index (χ0v) is 16.6. The number of piperidine rings is 1. The standard InChI is InChI=1S/C20H20N2O3S2/c1-14-21-18-8-7-15(13-19(18)26-14)20(23)22-11-9-17(10-12-22)27(24,25)16-5-3-2-4-6-16/h2-8,13,17H,9-12H2,1H3. The summed E-state index contributed by atoms with van der Waals surface area (Å²) in [5.41, 5.74) is 1.54. The number of carbonyl (C=O) groups is 1. The normalized spacial score (nSPS) is 16.0. The predicted molar refractivity (Wildman–Crippen MR) is 107 cm³/mol. The van der Waals surface area contributed by atoms with Gasteiger partial charge >= 0.3 is 0 Å². The van der Waals surface area contributed by atoms with Gasteiger partial charge in [0.2, 0.25) is 0 Å². The maximum absolute atomic E-state index is 12.8. The van der Waals surface area contributed by atoms with Gasteiger partial charge < -0.3 is 4.90 Å². The molecule has 0 radical (unpaired) electrons. The van der Waals surface area contributed by atoms with Crippen molar-refractivity contribution in [3.05, 3.63) is 59.1 Å². The molecule has 0 unspecified atom stereocenters. The van der Waals surface area contributed by atoms with Crippen LogP contribution in [-0.2, 0) is 9.84 Å². The molecule has 1 aromatic heterocycles. The second-order valence-corrected chi connectivity index (χ2v) is 10.2. The van der Waals surface area contributed by atoms with Gasteiger partial charge in [-0.25, -0.2) is 13.4 Å². The number of aryl methyl sites for hydroxylation is 1. The highest BCUT2D eigenvalue weighted by Gasteiger charge is 2.32. The summed E-state index contributed by atoms with van der Waals surface area (Å²) in [6, 6.07) is 14.1. The maximum atomic E-state index is 12.8. The molecule has 4 rings (SSSR count). The third-order valence-electron chi connectivity index (χ3n) is 4.98. The molecule has 2 heterocycles. The van der Waals surface area contributed by atoms with Crippen molar-refractivity contribution in [2.45, 2.75) is 29.9 Å². The first kappa shape index (κ1) is 18.1. The van der Waals surface area contributed by atoms with Crippen molar-refractivity contribution in [2.75, 3.05) is 13.1 Å². The molecule has 140 valence electrons. The molecule has 0 aliphatic carbocycles. The molecule has 0 spiro atoms. The van der Waals surface area contributed by atoms with E-state index in [0.29, 0.717) is 36.4 Å². The lowest BCUT2D eigenvalue weighted by Gasteiger charge is -2.31. The van der Waals surface area contributed by atoms with E-state index in [1.807, 2.05) is 25.1 Å². The molecule has 0 bridgehead atoms. The number of amides is 1. The van der Waals surface area contributed by atoms with Crippen LogP contribution in [0.15, 0.2) is 53.4 Å². The van der Waals surface area contributed by atoms with E-state index >= 15 is 0 Å². The number of aromatic nitrogens is 1. The van der Waals surface area contributed by atoms with Gasteiger partial charge in [0.05, 0.1) is 25.4 Å². The van der Waals surface area contributed by atoms with Crippen LogP contribution in [0.25, 0.3) is 10.2 Å². The summed E-state index contributed by atoms with van der Waals surface area (Å²) in [4.78, 5) is 19.4. The molecular weight excluding hydrogens is 380 g/mol. The monoisotopic (exact) mass is 400 g/mol. The molecule has 7 heteroatoms. The van der Waals surface area contributed by atoms with Gasteiger partial charge in [-0.3, -0.25) is 4.79 Å². The predicted octanol–water partition coefficient (Wildman–Crippen LogP) is 3.68. The van der Waals surface area contributed by atoms with E-state index in [-0.39, 0.29) is 5.91 Å². The van der Waals surface area contributed by atoms with E-state index in [0.717, 1.165) is 15.2 Å². The van der Waals surface area contributed by atoms with Crippen LogP contribution in [0.5, 0.6) is 0 Å². The second-order valence-electron chi connectivity index (χ2n) is 6.77. The first-order valence-electron chi connectivity index (χ1n) is 8.90. The smallest absolute Gasteiger partial charge is 0.253 e. The molecule has 1 amide bonds. The minimum atomic E-state index is -3.35. The molecule has 1 saturated heterocycles. The second kappa shape index (κ2) is 7.05. The number of thiazole rings is 1. The van der Waals surface area contributed by atoms with Crippen LogP contribution in [0.2, 0.25) is 0 Å². The third-order valence-corrected chi connectivity index (χ3v) is 8.19. The molecule has 0 N–H and O–H groups in total. The van der Waals surface area contributed by atoms with Crippen LogP contribution >= 0.6 is 11.3 Å². The average Bonchev–Trinajstić information content (AvgIpc) is 3.07. The van der Waals surface area contributed by atoms with Crippen molar-refractivity contribution in [1.82, 2.24) is 9.88 Å². The molecule has 27 heavy (non-hydrogen) atoms. The van der Waals surface area contributed by atoms with Gasteiger partial charge in [-0.05, 0) is 50.1 Å². The Hall–Kier alpha value is -2.25. The summed E-state index contributed by atoms with van der Waals surface area (Å²) in [6.07, 6.45) is 0.926. The topological polar surface area (TPSA) is 67.3 Å². The average molecular weight is 401 g/mol. The first-order valence-corrected chi connectivity index (χ1v) is 11.3. The van der Waals surface area contributed by atoms with Crippen molar-refractivity contribution >= 4 is 37.3 Å². The van der Waals surface area contributed by atoms with E-state index in [9.17, 15) is 13.2 Å². The van der Waals surface area contributed by atoms with E-state index < -0.39 is 15.1 Å². The molecule has 1 fully saturated rings. The molecule has 1 aliphatic rings. The van der Waals surface area contributed by atoms with Crippen LogP contribution in [0.3, 0.4) is 0 Å². The summed E-state index contributed by atoms with van der Waals surface area (Å²) in [7, 11) is -3.35.